The van der Waals surface area contributed by atoms with Crippen LogP contribution in [0.15, 0.2) is 53.4 Å². The first-order valence-electron chi connectivity index (χ1n) is 13.7. The summed E-state index contributed by atoms with van der Waals surface area (Å²) >= 11 is 0. The van der Waals surface area contributed by atoms with Gasteiger partial charge in [0.1, 0.15) is 0 Å². The van der Waals surface area contributed by atoms with Gasteiger partial charge in [-0.15, -0.1) is 0 Å². The van der Waals surface area contributed by atoms with Crippen LogP contribution in [0.3, 0.4) is 0 Å². The Morgan fingerprint density at radius 2 is 1.32 bits per heavy atom. The van der Waals surface area contributed by atoms with Gasteiger partial charge >= 0.3 is 17.4 Å². The number of halogens is 3. The van der Waals surface area contributed by atoms with Gasteiger partial charge in [0.25, 0.3) is 15.7 Å². The predicted molar refractivity (Wildman–Crippen MR) is 149 cm³/mol. The minimum atomic E-state index is -5.55. The third kappa shape index (κ3) is 10.5. The van der Waals surface area contributed by atoms with Crippen molar-refractivity contribution in [2.24, 2.45) is 0 Å². The summed E-state index contributed by atoms with van der Waals surface area (Å²) in [4.78, 5) is 36.1. The average molecular weight is 599 g/mol. The summed E-state index contributed by atoms with van der Waals surface area (Å²) in [5.41, 5.74) is -4.83. The number of carbonyl (C=O) groups is 3. The molecule has 0 fully saturated rings. The van der Waals surface area contributed by atoms with E-state index in [1.54, 1.807) is 0 Å². The molecule has 0 aliphatic heterocycles. The van der Waals surface area contributed by atoms with Crippen molar-refractivity contribution in [3.8, 4) is 0 Å². The molecule has 0 unspecified atom stereocenters. The number of unbranched alkanes of at least 4 members (excludes halogenated alkanes) is 9. The highest BCUT2D eigenvalue weighted by Crippen LogP contribution is 2.30. The highest BCUT2D eigenvalue weighted by atomic mass is 32.2. The van der Waals surface area contributed by atoms with Crippen LogP contribution in [0, 0.1) is 0 Å². The minimum Gasteiger partial charge on any atom is -0.474 e. The summed E-state index contributed by atoms with van der Waals surface area (Å²) in [5.74, 6) is -3.39. The van der Waals surface area contributed by atoms with E-state index >= 15 is 0 Å². The van der Waals surface area contributed by atoms with E-state index in [4.69, 9.17) is 0 Å². The Morgan fingerprint density at radius 1 is 0.805 bits per heavy atom. The van der Waals surface area contributed by atoms with E-state index in [0.717, 1.165) is 48.4 Å². The number of carbonyl (C=O) groups excluding carboxylic acids is 2. The van der Waals surface area contributed by atoms with E-state index in [1.165, 1.54) is 69.2 Å². The summed E-state index contributed by atoms with van der Waals surface area (Å²) < 4.78 is 61.5. The fraction of sp³-hybridized carbons (Fsp3) is 0.483. The number of hydrogen-bond acceptors (Lipinski definition) is 5. The molecule has 2 N–H and O–H groups in total. The lowest BCUT2D eigenvalue weighted by atomic mass is 10.1. The maximum Gasteiger partial charge on any atom is 0.501 e. The molecule has 2 amide bonds. The Labute approximate surface area is 238 Å². The molecule has 41 heavy (non-hydrogen) atoms. The first-order chi connectivity index (χ1) is 19.4. The minimum absolute atomic E-state index is 0.135. The molecule has 0 atom stereocenters. The number of nitrogens with zero attached hydrogens (tertiary/aromatic N) is 1. The SMILES string of the molecule is CCCCCCCCCCCCNC(=O)c1ccc(N(Cc2ccc(S(=O)(=O)C(F)(F)F)cc2)C(=O)C(=O)O)cc1. The molecule has 2 rings (SSSR count). The molecule has 8 nitrogen and oxygen atoms in total. The molecular formula is C29H37F3N2O6S. The number of amides is 2. The van der Waals surface area contributed by atoms with Gasteiger partial charge in [-0.05, 0) is 48.4 Å². The van der Waals surface area contributed by atoms with Crippen molar-refractivity contribution >= 4 is 33.3 Å². The number of hydrogen-bond donors (Lipinski definition) is 2. The van der Waals surface area contributed by atoms with Crippen LogP contribution in [-0.4, -0.2) is 43.4 Å². The summed E-state index contributed by atoms with van der Waals surface area (Å²) in [7, 11) is -5.55. The highest BCUT2D eigenvalue weighted by molar-refractivity contribution is 7.92. The molecule has 0 saturated heterocycles. The molecule has 0 aromatic heterocycles. The lowest BCUT2D eigenvalue weighted by molar-refractivity contribution is -0.148. The van der Waals surface area contributed by atoms with Gasteiger partial charge in [-0.3, -0.25) is 14.5 Å². The number of rotatable bonds is 16. The van der Waals surface area contributed by atoms with Gasteiger partial charge in [-0.2, -0.15) is 13.2 Å². The first-order valence-corrected chi connectivity index (χ1v) is 15.2. The van der Waals surface area contributed by atoms with Gasteiger partial charge in [0, 0.05) is 17.8 Å². The maximum absolute atomic E-state index is 12.8. The summed E-state index contributed by atoms with van der Waals surface area (Å²) in [6.45, 7) is 2.35. The molecule has 226 valence electrons. The number of anilines is 1. The zero-order valence-electron chi connectivity index (χ0n) is 23.1. The monoisotopic (exact) mass is 598 g/mol. The maximum atomic E-state index is 12.8. The van der Waals surface area contributed by atoms with Gasteiger partial charge in [0.05, 0.1) is 11.4 Å². The first kappa shape index (κ1) is 33.8. The fourth-order valence-electron chi connectivity index (χ4n) is 4.20. The molecule has 2 aromatic carbocycles. The summed E-state index contributed by atoms with van der Waals surface area (Å²) in [6.07, 6.45) is 11.8. The third-order valence-corrected chi connectivity index (χ3v) is 8.07. The third-order valence-electron chi connectivity index (χ3n) is 6.56. The fourth-order valence-corrected chi connectivity index (χ4v) is 4.96. The summed E-state index contributed by atoms with van der Waals surface area (Å²) in [5, 5.41) is 12.1. The van der Waals surface area contributed by atoms with Gasteiger partial charge in [-0.1, -0.05) is 76.8 Å². The Morgan fingerprint density at radius 3 is 1.80 bits per heavy atom. The standard InChI is InChI=1S/C29H37F3N2O6S/c1-2-3-4-5-6-7-8-9-10-11-20-33-26(35)23-14-16-24(17-15-23)34(27(36)28(37)38)21-22-12-18-25(19-13-22)41(39,40)29(30,31)32/h12-19H,2-11,20-21H2,1H3,(H,33,35)(H,37,38). The van der Waals surface area contributed by atoms with E-state index in [0.29, 0.717) is 12.1 Å². The van der Waals surface area contributed by atoms with Crippen LogP contribution in [-0.2, 0) is 26.0 Å². The average Bonchev–Trinajstić information content (AvgIpc) is 2.94. The van der Waals surface area contributed by atoms with E-state index in [9.17, 15) is 41.1 Å². The highest BCUT2D eigenvalue weighted by Gasteiger charge is 2.46. The van der Waals surface area contributed by atoms with Crippen LogP contribution in [0.4, 0.5) is 18.9 Å². The lowest BCUT2D eigenvalue weighted by Crippen LogP contribution is -2.36. The zero-order chi connectivity index (χ0) is 30.5. The predicted octanol–water partition coefficient (Wildman–Crippen LogP) is 6.25. The van der Waals surface area contributed by atoms with Crippen LogP contribution >= 0.6 is 0 Å². The van der Waals surface area contributed by atoms with Crippen molar-refractivity contribution in [3.63, 3.8) is 0 Å². The molecule has 0 heterocycles. The van der Waals surface area contributed by atoms with Gasteiger partial charge in [-0.25, -0.2) is 13.2 Å². The van der Waals surface area contributed by atoms with Crippen molar-refractivity contribution in [2.75, 3.05) is 11.4 Å². The Balaban J connectivity index is 1.93. The van der Waals surface area contributed by atoms with Crippen molar-refractivity contribution in [3.05, 3.63) is 59.7 Å². The molecule has 0 aliphatic rings. The number of alkyl halides is 3. The second-order valence-electron chi connectivity index (χ2n) is 9.77. The van der Waals surface area contributed by atoms with Gasteiger partial charge in [0.2, 0.25) is 0 Å². The summed E-state index contributed by atoms with van der Waals surface area (Å²) in [6, 6.07) is 9.26. The quantitative estimate of drug-likeness (QED) is 0.174. The lowest BCUT2D eigenvalue weighted by Gasteiger charge is -2.21. The van der Waals surface area contributed by atoms with E-state index in [-0.39, 0.29) is 23.7 Å². The molecule has 0 aliphatic carbocycles. The van der Waals surface area contributed by atoms with Crippen molar-refractivity contribution in [1.82, 2.24) is 5.32 Å². The van der Waals surface area contributed by atoms with Crippen LogP contribution in [0.25, 0.3) is 0 Å². The largest absolute Gasteiger partial charge is 0.501 e. The topological polar surface area (TPSA) is 121 Å². The number of carboxylic acid groups (broad SMARTS) is 1. The molecule has 0 saturated carbocycles. The van der Waals surface area contributed by atoms with Crippen molar-refractivity contribution in [1.29, 1.82) is 0 Å². The Bertz CT molecular complexity index is 1250. The Hall–Kier alpha value is -3.41. The number of sulfone groups is 1. The Kier molecular flexibility index (Phi) is 13.3. The number of carboxylic acids is 1. The second kappa shape index (κ2) is 16.1. The van der Waals surface area contributed by atoms with E-state index < -0.39 is 32.1 Å². The smallest absolute Gasteiger partial charge is 0.474 e. The molecular weight excluding hydrogens is 561 g/mol. The zero-order valence-corrected chi connectivity index (χ0v) is 23.9. The molecule has 12 heteroatoms. The number of benzene rings is 2. The van der Waals surface area contributed by atoms with Gasteiger partial charge < -0.3 is 10.4 Å². The van der Waals surface area contributed by atoms with E-state index in [2.05, 4.69) is 12.2 Å². The molecule has 2 aromatic rings. The van der Waals surface area contributed by atoms with Gasteiger partial charge in [0.15, 0.2) is 0 Å². The molecule has 0 bridgehead atoms. The van der Waals surface area contributed by atoms with Crippen molar-refractivity contribution < 1.29 is 41.1 Å². The van der Waals surface area contributed by atoms with Crippen LogP contribution in [0.1, 0.15) is 87.1 Å². The number of nitrogens with one attached hydrogen (secondary N) is 1. The van der Waals surface area contributed by atoms with Crippen molar-refractivity contribution in [2.45, 2.75) is 88.1 Å². The normalized spacial score (nSPS) is 11.7. The second-order valence-corrected chi connectivity index (χ2v) is 11.7. The van der Waals surface area contributed by atoms with Crippen LogP contribution in [0.2, 0.25) is 0 Å². The molecule has 0 spiro atoms. The van der Waals surface area contributed by atoms with Crippen LogP contribution in [0.5, 0.6) is 0 Å². The number of aliphatic carboxylic acids is 1. The van der Waals surface area contributed by atoms with Crippen LogP contribution < -0.4 is 10.2 Å². The van der Waals surface area contributed by atoms with E-state index in [1.807, 2.05) is 0 Å². The molecule has 0 radical (unpaired) electrons.